The first-order valence-corrected chi connectivity index (χ1v) is 15.4. The van der Waals surface area contributed by atoms with Gasteiger partial charge in [-0.25, -0.2) is 9.59 Å². The predicted octanol–water partition coefficient (Wildman–Crippen LogP) is 7.50. The van der Waals surface area contributed by atoms with E-state index in [-0.39, 0.29) is 24.9 Å². The van der Waals surface area contributed by atoms with Crippen LogP contribution in [0.1, 0.15) is 53.7 Å². The maximum atomic E-state index is 13.9. The molecule has 0 bridgehead atoms. The van der Waals surface area contributed by atoms with Crippen LogP contribution in [0.3, 0.4) is 0 Å². The molecular weight excluding hydrogens is 574 g/mol. The van der Waals surface area contributed by atoms with Crippen molar-refractivity contribution in [2.24, 2.45) is 5.92 Å². The number of ether oxygens (including phenoxy) is 3. The Labute approximate surface area is 256 Å². The normalized spacial score (nSPS) is 16.7. The summed E-state index contributed by atoms with van der Waals surface area (Å²) in [6, 6.07) is 18.1. The average molecular weight is 610 g/mol. The first kappa shape index (κ1) is 31.4. The molecule has 3 aromatic rings. The molecule has 42 heavy (non-hydrogen) atoms. The second-order valence-electron chi connectivity index (χ2n) is 10.9. The van der Waals surface area contributed by atoms with Gasteiger partial charge in [0.2, 0.25) is 0 Å². The minimum atomic E-state index is -1.18. The van der Waals surface area contributed by atoms with Crippen molar-refractivity contribution in [2.75, 3.05) is 26.0 Å². The van der Waals surface area contributed by atoms with Crippen LogP contribution in [0, 0.1) is 19.8 Å². The summed E-state index contributed by atoms with van der Waals surface area (Å²) in [4.78, 5) is 42.2. The van der Waals surface area contributed by atoms with Crippen LogP contribution in [0.4, 0.5) is 4.79 Å². The van der Waals surface area contributed by atoms with Crippen LogP contribution in [0.2, 0.25) is 5.02 Å². The van der Waals surface area contributed by atoms with Gasteiger partial charge in [-0.2, -0.15) is 0 Å². The second-order valence-corrected chi connectivity index (χ2v) is 12.2. The number of likely N-dealkylation sites (tertiary alicyclic amines) is 1. The Morgan fingerprint density at radius 2 is 1.67 bits per heavy atom. The van der Waals surface area contributed by atoms with Crippen LogP contribution in [0.15, 0.2) is 65.6 Å². The van der Waals surface area contributed by atoms with Gasteiger partial charge >= 0.3 is 12.1 Å². The highest BCUT2D eigenvalue weighted by Crippen LogP contribution is 2.39. The molecule has 2 atom stereocenters. The van der Waals surface area contributed by atoms with E-state index in [0.29, 0.717) is 28.6 Å². The van der Waals surface area contributed by atoms with Crippen molar-refractivity contribution in [3.63, 3.8) is 0 Å². The smallest absolute Gasteiger partial charge is 0.415 e. The van der Waals surface area contributed by atoms with Crippen LogP contribution < -0.4 is 9.47 Å². The van der Waals surface area contributed by atoms with E-state index in [1.807, 2.05) is 56.5 Å². The monoisotopic (exact) mass is 609 g/mol. The number of rotatable bonds is 9. The third-order valence-corrected chi connectivity index (χ3v) is 8.30. The van der Waals surface area contributed by atoms with Crippen molar-refractivity contribution in [2.45, 2.75) is 51.0 Å². The fourth-order valence-electron chi connectivity index (χ4n) is 5.18. The standard InChI is InChI=1S/C33H36ClNO6S/c1-7-39-31(37)33(4,5)41-30-20(2)15-23(16-21(30)3)27-18-35(32(38)40-25-10-8-9-24(34)17-25)19-28(27)29(36)22-11-13-26(42-6)14-12-22/h8-17,27-28H,7,18-19H2,1-6H3/t27-,28+/m1/s1. The summed E-state index contributed by atoms with van der Waals surface area (Å²) in [6.45, 7) is 9.69. The van der Waals surface area contributed by atoms with E-state index >= 15 is 0 Å². The number of hydrogen-bond donors (Lipinski definition) is 0. The molecular formula is C33H36ClNO6S. The topological polar surface area (TPSA) is 82.1 Å². The van der Waals surface area contributed by atoms with E-state index in [1.54, 1.807) is 61.7 Å². The van der Waals surface area contributed by atoms with Crippen LogP contribution in [0.25, 0.3) is 0 Å². The zero-order chi connectivity index (χ0) is 30.6. The van der Waals surface area contributed by atoms with E-state index in [2.05, 4.69) is 0 Å². The molecule has 0 spiro atoms. The molecule has 0 saturated carbocycles. The molecule has 1 fully saturated rings. The number of ketones is 1. The van der Waals surface area contributed by atoms with Crippen LogP contribution in [-0.4, -0.2) is 54.3 Å². The summed E-state index contributed by atoms with van der Waals surface area (Å²) in [6.07, 6.45) is 1.44. The van der Waals surface area contributed by atoms with E-state index in [9.17, 15) is 14.4 Å². The van der Waals surface area contributed by atoms with E-state index in [4.69, 9.17) is 25.8 Å². The summed E-state index contributed by atoms with van der Waals surface area (Å²) < 4.78 is 17.0. The van der Waals surface area contributed by atoms with Crippen molar-refractivity contribution in [3.05, 3.63) is 87.9 Å². The van der Waals surface area contributed by atoms with Crippen molar-refractivity contribution in [1.82, 2.24) is 4.90 Å². The number of carbonyl (C=O) groups excluding carboxylic acids is 3. The van der Waals surface area contributed by atoms with Gasteiger partial charge in [-0.05, 0) is 87.9 Å². The Morgan fingerprint density at radius 3 is 2.26 bits per heavy atom. The first-order chi connectivity index (χ1) is 19.9. The third kappa shape index (κ3) is 7.10. The molecule has 7 nitrogen and oxygen atoms in total. The number of benzene rings is 3. The zero-order valence-electron chi connectivity index (χ0n) is 24.7. The molecule has 9 heteroatoms. The van der Waals surface area contributed by atoms with Crippen LogP contribution in [0.5, 0.6) is 11.5 Å². The number of aryl methyl sites for hydroxylation is 2. The van der Waals surface area contributed by atoms with Crippen molar-refractivity contribution >= 4 is 41.2 Å². The number of Topliss-reactive ketones (excluding diaryl/α,β-unsaturated/α-hetero) is 1. The molecule has 3 aromatic carbocycles. The summed E-state index contributed by atoms with van der Waals surface area (Å²) in [5.41, 5.74) is 1.96. The third-order valence-electron chi connectivity index (χ3n) is 7.33. The van der Waals surface area contributed by atoms with Gasteiger partial charge in [0.25, 0.3) is 0 Å². The Hall–Kier alpha value is -3.49. The number of nitrogens with zero attached hydrogens (tertiary/aromatic N) is 1. The van der Waals surface area contributed by atoms with Crippen LogP contribution in [-0.2, 0) is 9.53 Å². The van der Waals surface area contributed by atoms with Gasteiger partial charge in [-0.3, -0.25) is 4.79 Å². The zero-order valence-corrected chi connectivity index (χ0v) is 26.3. The summed E-state index contributed by atoms with van der Waals surface area (Å²) in [5, 5.41) is 0.459. The van der Waals surface area contributed by atoms with E-state index in [0.717, 1.165) is 21.6 Å². The molecule has 1 saturated heterocycles. The molecule has 222 valence electrons. The molecule has 0 N–H and O–H groups in total. The van der Waals surface area contributed by atoms with E-state index < -0.39 is 23.6 Å². The molecule has 4 rings (SSSR count). The lowest BCUT2D eigenvalue weighted by molar-refractivity contribution is -0.158. The number of amides is 1. The average Bonchev–Trinajstić information content (AvgIpc) is 3.40. The Kier molecular flexibility index (Phi) is 9.89. The highest BCUT2D eigenvalue weighted by Gasteiger charge is 2.42. The SMILES string of the molecule is CCOC(=O)C(C)(C)Oc1c(C)cc([C@H]2CN(C(=O)Oc3cccc(Cl)c3)C[C@@H]2C(=O)c2ccc(SC)cc2)cc1C. The lowest BCUT2D eigenvalue weighted by Gasteiger charge is -2.27. The highest BCUT2D eigenvalue weighted by atomic mass is 35.5. The van der Waals surface area contributed by atoms with Gasteiger partial charge in [0.1, 0.15) is 11.5 Å². The first-order valence-electron chi connectivity index (χ1n) is 13.8. The molecule has 0 aromatic heterocycles. The second kappa shape index (κ2) is 13.2. The van der Waals surface area contributed by atoms with Crippen molar-refractivity contribution in [3.8, 4) is 11.5 Å². The predicted molar refractivity (Wildman–Crippen MR) is 165 cm³/mol. The molecule has 1 aliphatic heterocycles. The van der Waals surface area contributed by atoms with Gasteiger partial charge in [0, 0.05) is 40.4 Å². The number of halogens is 1. The lowest BCUT2D eigenvalue weighted by atomic mass is 9.82. The highest BCUT2D eigenvalue weighted by molar-refractivity contribution is 7.98. The fourth-order valence-corrected chi connectivity index (χ4v) is 5.77. The molecule has 1 heterocycles. The van der Waals surface area contributed by atoms with E-state index in [1.165, 1.54) is 0 Å². The minimum absolute atomic E-state index is 0.0372. The summed E-state index contributed by atoms with van der Waals surface area (Å²) >= 11 is 7.68. The van der Waals surface area contributed by atoms with Gasteiger partial charge < -0.3 is 19.1 Å². The number of carbonyl (C=O) groups is 3. The summed E-state index contributed by atoms with van der Waals surface area (Å²) in [5.74, 6) is -0.334. The summed E-state index contributed by atoms with van der Waals surface area (Å²) in [7, 11) is 0. The Morgan fingerprint density at radius 1 is 1.00 bits per heavy atom. The quantitative estimate of drug-likeness (QED) is 0.141. The molecule has 1 aliphatic rings. The van der Waals surface area contributed by atoms with Crippen LogP contribution >= 0.6 is 23.4 Å². The Bertz CT molecular complexity index is 1450. The van der Waals surface area contributed by atoms with Gasteiger partial charge in [0.15, 0.2) is 11.4 Å². The number of esters is 1. The maximum Gasteiger partial charge on any atom is 0.415 e. The van der Waals surface area contributed by atoms with Crippen molar-refractivity contribution < 1.29 is 28.6 Å². The molecule has 0 unspecified atom stereocenters. The maximum absolute atomic E-state index is 13.9. The lowest BCUT2D eigenvalue weighted by Crippen LogP contribution is -2.40. The number of hydrogen-bond acceptors (Lipinski definition) is 7. The number of thioether (sulfide) groups is 1. The molecule has 0 aliphatic carbocycles. The fraction of sp³-hybridized carbons (Fsp3) is 0.364. The van der Waals surface area contributed by atoms with Gasteiger partial charge in [-0.15, -0.1) is 11.8 Å². The van der Waals surface area contributed by atoms with Gasteiger partial charge in [-0.1, -0.05) is 41.9 Å². The largest absolute Gasteiger partial charge is 0.476 e. The van der Waals surface area contributed by atoms with Gasteiger partial charge in [0.05, 0.1) is 6.61 Å². The Balaban J connectivity index is 1.65. The van der Waals surface area contributed by atoms with Crippen molar-refractivity contribution in [1.29, 1.82) is 0 Å². The molecule has 1 amide bonds. The molecule has 0 radical (unpaired) electrons. The minimum Gasteiger partial charge on any atom is -0.476 e.